The number of carbonyl (C=O) groups excluding carboxylic acids is 1. The van der Waals surface area contributed by atoms with Crippen LogP contribution < -0.4 is 17.0 Å². The van der Waals surface area contributed by atoms with Crippen molar-refractivity contribution in [1.29, 1.82) is 0 Å². The van der Waals surface area contributed by atoms with Crippen LogP contribution in [-0.2, 0) is 32.4 Å². The molecule has 1 aromatic heterocycles. The van der Waals surface area contributed by atoms with E-state index in [0.717, 1.165) is 23.8 Å². The number of hydrogen-bond acceptors (Lipinski definition) is 10. The molecule has 7 atom stereocenters. The quantitative estimate of drug-likeness (QED) is 0.279. The van der Waals surface area contributed by atoms with Crippen LogP contribution in [0.25, 0.3) is 0 Å². The molecular formula is C20H30N3O9P. The molecule has 3 heterocycles. The number of phosphoric acid groups is 1. The number of nitrogens with two attached hydrogens (primary N) is 1. The van der Waals surface area contributed by atoms with Crippen molar-refractivity contribution in [2.24, 2.45) is 11.7 Å². The number of rotatable bonds is 10. The monoisotopic (exact) mass is 487 g/mol. The average Bonchev–Trinajstić information content (AvgIpc) is 3.07. The van der Waals surface area contributed by atoms with Crippen molar-refractivity contribution in [1.82, 2.24) is 9.55 Å². The second-order valence-electron chi connectivity index (χ2n) is 8.96. The Morgan fingerprint density at radius 1 is 1.33 bits per heavy atom. The Labute approximate surface area is 190 Å². The summed E-state index contributed by atoms with van der Waals surface area (Å²) in [5.41, 5.74) is 2.70. The van der Waals surface area contributed by atoms with E-state index in [1.165, 1.54) is 12.3 Å². The van der Waals surface area contributed by atoms with Gasteiger partial charge >= 0.3 is 19.5 Å². The number of esters is 1. The number of nitrogens with one attached hydrogen (secondary N) is 1. The van der Waals surface area contributed by atoms with Gasteiger partial charge in [-0.05, 0) is 19.8 Å². The summed E-state index contributed by atoms with van der Waals surface area (Å²) in [6.45, 7) is 5.71. The van der Waals surface area contributed by atoms with Crippen molar-refractivity contribution in [3.63, 3.8) is 0 Å². The van der Waals surface area contributed by atoms with E-state index in [-0.39, 0.29) is 19.0 Å². The van der Waals surface area contributed by atoms with Gasteiger partial charge in [0.1, 0.15) is 12.2 Å². The Hall–Kier alpha value is -1.82. The lowest BCUT2D eigenvalue weighted by molar-refractivity contribution is -0.148. The maximum absolute atomic E-state index is 13.0. The molecule has 0 radical (unpaired) electrons. The van der Waals surface area contributed by atoms with Crippen LogP contribution in [0, 0.1) is 5.92 Å². The zero-order valence-electron chi connectivity index (χ0n) is 18.9. The highest BCUT2D eigenvalue weighted by Crippen LogP contribution is 2.77. The summed E-state index contributed by atoms with van der Waals surface area (Å²) < 4.78 is 42.0. The van der Waals surface area contributed by atoms with Gasteiger partial charge in [0.25, 0.3) is 5.56 Å². The van der Waals surface area contributed by atoms with Gasteiger partial charge in [-0.15, -0.1) is 0 Å². The number of aromatic amines is 1. The molecule has 1 aromatic rings. The zero-order valence-corrected chi connectivity index (χ0v) is 19.7. The molecule has 0 amide bonds. The second-order valence-corrected chi connectivity index (χ2v) is 10.5. The van der Waals surface area contributed by atoms with E-state index in [0.29, 0.717) is 6.61 Å². The minimum Gasteiger partial charge on any atom is -0.465 e. The molecule has 0 bridgehead atoms. The summed E-state index contributed by atoms with van der Waals surface area (Å²) in [6.07, 6.45) is 2.08. The predicted octanol–water partition coefficient (Wildman–Crippen LogP) is 1.20. The minimum absolute atomic E-state index is 0.0408. The van der Waals surface area contributed by atoms with Crippen LogP contribution in [0.4, 0.5) is 0 Å². The summed E-state index contributed by atoms with van der Waals surface area (Å²) in [5.74, 6) is -0.775. The first-order valence-corrected chi connectivity index (χ1v) is 12.6. The van der Waals surface area contributed by atoms with Crippen LogP contribution in [-0.4, -0.2) is 52.1 Å². The summed E-state index contributed by atoms with van der Waals surface area (Å²) in [5, 5.41) is 0. The van der Waals surface area contributed by atoms with E-state index in [1.54, 1.807) is 13.8 Å². The van der Waals surface area contributed by atoms with Gasteiger partial charge in [0.05, 0.1) is 24.7 Å². The Morgan fingerprint density at radius 3 is 2.79 bits per heavy atom. The van der Waals surface area contributed by atoms with Gasteiger partial charge in [-0.1, -0.05) is 26.7 Å². The lowest BCUT2D eigenvalue weighted by Crippen LogP contribution is -2.57. The number of phosphoric ester groups is 1. The fourth-order valence-corrected chi connectivity index (χ4v) is 6.20. The summed E-state index contributed by atoms with van der Waals surface area (Å²) in [6, 6.07) is 1.18. The summed E-state index contributed by atoms with van der Waals surface area (Å²) in [7, 11) is -3.95. The van der Waals surface area contributed by atoms with Crippen LogP contribution in [0.1, 0.15) is 52.7 Å². The molecule has 1 aliphatic carbocycles. The van der Waals surface area contributed by atoms with Gasteiger partial charge in [0, 0.05) is 12.3 Å². The summed E-state index contributed by atoms with van der Waals surface area (Å²) >= 11 is 0. The fraction of sp³-hybridized carbons (Fsp3) is 0.750. The van der Waals surface area contributed by atoms with E-state index in [4.69, 9.17) is 28.8 Å². The third-order valence-corrected chi connectivity index (χ3v) is 7.96. The molecule has 1 spiro atoms. The highest BCUT2D eigenvalue weighted by molar-refractivity contribution is 7.48. The van der Waals surface area contributed by atoms with Crippen molar-refractivity contribution in [2.75, 3.05) is 13.2 Å². The number of carbonyl (C=O) groups is 1. The van der Waals surface area contributed by atoms with Crippen LogP contribution in [0.5, 0.6) is 0 Å². The lowest BCUT2D eigenvalue weighted by Gasteiger charge is -2.33. The van der Waals surface area contributed by atoms with E-state index in [2.05, 4.69) is 11.9 Å². The van der Waals surface area contributed by atoms with Gasteiger partial charge in [0.2, 0.25) is 0 Å². The van der Waals surface area contributed by atoms with Crippen molar-refractivity contribution in [2.45, 2.75) is 76.0 Å². The molecule has 3 N–H and O–H groups in total. The Morgan fingerprint density at radius 2 is 2.09 bits per heavy atom. The SMILES string of the molecule is CCCCCOC(=O)C(C)CCO[P@]1(=O)OC2[C@H]3O[C@@H](n4ccc(=O)[nH]c4=O)[C@](C)(N)[C@@]23O1. The fourth-order valence-electron chi connectivity index (χ4n) is 4.40. The van der Waals surface area contributed by atoms with Crippen LogP contribution >= 0.6 is 7.82 Å². The molecule has 2 unspecified atom stereocenters. The Kier molecular flexibility index (Phi) is 6.45. The van der Waals surface area contributed by atoms with E-state index < -0.39 is 54.6 Å². The first kappa shape index (κ1) is 24.3. The maximum atomic E-state index is 13.0. The number of unbranched alkanes of at least 4 members (excludes halogenated alkanes) is 2. The zero-order chi connectivity index (χ0) is 24.0. The van der Waals surface area contributed by atoms with Crippen molar-refractivity contribution >= 4 is 13.8 Å². The molecule has 2 saturated heterocycles. The number of nitrogens with zero attached hydrogens (tertiary/aromatic N) is 1. The van der Waals surface area contributed by atoms with Gasteiger partial charge in [-0.2, -0.15) is 0 Å². The van der Waals surface area contributed by atoms with Gasteiger partial charge in [-0.25, -0.2) is 9.36 Å². The van der Waals surface area contributed by atoms with Crippen LogP contribution in [0.3, 0.4) is 0 Å². The average molecular weight is 487 g/mol. The molecular weight excluding hydrogens is 457 g/mol. The molecule has 4 rings (SSSR count). The minimum atomic E-state index is -3.95. The lowest BCUT2D eigenvalue weighted by atomic mass is 9.92. The smallest absolute Gasteiger partial charge is 0.465 e. The molecule has 3 aliphatic rings. The van der Waals surface area contributed by atoms with Crippen LogP contribution in [0.15, 0.2) is 21.9 Å². The van der Waals surface area contributed by atoms with Crippen molar-refractivity contribution in [3.8, 4) is 0 Å². The predicted molar refractivity (Wildman–Crippen MR) is 114 cm³/mol. The van der Waals surface area contributed by atoms with Gasteiger partial charge in [-0.3, -0.25) is 32.7 Å². The number of hydrogen-bond donors (Lipinski definition) is 2. The maximum Gasteiger partial charge on any atom is 0.476 e. The number of ether oxygens (including phenoxy) is 2. The van der Waals surface area contributed by atoms with E-state index in [1.807, 2.05) is 0 Å². The Bertz CT molecular complexity index is 1070. The number of aromatic nitrogens is 2. The van der Waals surface area contributed by atoms with Crippen LogP contribution in [0.2, 0.25) is 0 Å². The normalized spacial score (nSPS) is 37.4. The van der Waals surface area contributed by atoms with Crippen molar-refractivity contribution in [3.05, 3.63) is 33.1 Å². The molecule has 33 heavy (non-hydrogen) atoms. The highest BCUT2D eigenvalue weighted by atomic mass is 31.2. The number of H-pyrrole nitrogens is 1. The molecule has 0 aromatic carbocycles. The second kappa shape index (κ2) is 8.75. The van der Waals surface area contributed by atoms with Gasteiger partial charge < -0.3 is 15.2 Å². The molecule has 12 nitrogen and oxygen atoms in total. The third kappa shape index (κ3) is 4.13. The highest BCUT2D eigenvalue weighted by Gasteiger charge is 2.89. The largest absolute Gasteiger partial charge is 0.476 e. The van der Waals surface area contributed by atoms with Gasteiger partial charge in [0.15, 0.2) is 11.8 Å². The van der Waals surface area contributed by atoms with E-state index >= 15 is 0 Å². The molecule has 13 heteroatoms. The topological polar surface area (TPSA) is 161 Å². The van der Waals surface area contributed by atoms with E-state index in [9.17, 15) is 18.9 Å². The Balaban J connectivity index is 1.34. The first-order chi connectivity index (χ1) is 15.6. The van der Waals surface area contributed by atoms with Crippen molar-refractivity contribution < 1.29 is 32.4 Å². The molecule has 1 saturated carbocycles. The number of fused-ring (bicyclic) bond motifs is 1. The standard InChI is InChI=1S/C20H30N3O9P/c1-4-5-6-10-28-16(25)12(2)8-11-29-33(27)31-15-14-20(15,32-33)19(3,21)17(30-14)23-9-7-13(24)22-18(23)26/h7,9,12,14-15,17H,4-6,8,10-11,21H2,1-3H3,(H,22,24,26)/t12?,14-,15?,17-,19+,20+,33-/m1/s1. The summed E-state index contributed by atoms with van der Waals surface area (Å²) in [4.78, 5) is 37.7. The third-order valence-electron chi connectivity index (χ3n) is 6.45. The first-order valence-electron chi connectivity index (χ1n) is 11.1. The molecule has 2 aliphatic heterocycles. The molecule has 3 fully saturated rings. The molecule has 184 valence electrons.